The Labute approximate surface area is 192 Å². The summed E-state index contributed by atoms with van der Waals surface area (Å²) in [6.45, 7) is -0.783. The highest BCUT2D eigenvalue weighted by Gasteiger charge is 2.21. The lowest BCUT2D eigenvalue weighted by Gasteiger charge is -2.20. The number of fused-ring (bicyclic) bond motifs is 2. The Kier molecular flexibility index (Phi) is 5.68. The number of alkyl halides is 2. The summed E-state index contributed by atoms with van der Waals surface area (Å²) in [5.74, 6) is 0.378. The standard InChI is InChI=1S/C25H20F2N4OS/c1-16(17-9-3-2-4-10-17)30-23(32)18-11-5-6-12-19(18)29-25(30)33-15-22-28-20-13-7-8-14-21(20)31(22)24(26)27/h2-14,16,24H,15H2,1H3/t16-/m0/s1. The summed E-state index contributed by atoms with van der Waals surface area (Å²) in [6.07, 6.45) is 0. The molecule has 5 rings (SSSR count). The number of rotatable bonds is 6. The molecule has 0 radical (unpaired) electrons. The van der Waals surface area contributed by atoms with Crippen molar-refractivity contribution in [3.05, 3.63) is 101 Å². The fraction of sp³-hybridized carbons (Fsp3) is 0.160. The first-order valence-electron chi connectivity index (χ1n) is 10.5. The van der Waals surface area contributed by atoms with E-state index in [1.807, 2.05) is 43.3 Å². The Balaban J connectivity index is 1.61. The van der Waals surface area contributed by atoms with Crippen molar-refractivity contribution in [2.24, 2.45) is 0 Å². The number of hydrogen-bond donors (Lipinski definition) is 0. The summed E-state index contributed by atoms with van der Waals surface area (Å²) in [5, 5.41) is 0.979. The van der Waals surface area contributed by atoms with Gasteiger partial charge < -0.3 is 0 Å². The minimum absolute atomic E-state index is 0.144. The zero-order valence-electron chi connectivity index (χ0n) is 17.7. The van der Waals surface area contributed by atoms with Gasteiger partial charge in [-0.15, -0.1) is 0 Å². The molecular weight excluding hydrogens is 442 g/mol. The van der Waals surface area contributed by atoms with E-state index in [0.29, 0.717) is 27.1 Å². The van der Waals surface area contributed by atoms with Crippen LogP contribution in [0.15, 0.2) is 88.8 Å². The molecule has 5 nitrogen and oxygen atoms in total. The quantitative estimate of drug-likeness (QED) is 0.228. The monoisotopic (exact) mass is 462 g/mol. The molecule has 0 saturated heterocycles. The predicted molar refractivity (Wildman–Crippen MR) is 127 cm³/mol. The van der Waals surface area contributed by atoms with E-state index in [0.717, 1.165) is 10.1 Å². The molecule has 0 saturated carbocycles. The third kappa shape index (κ3) is 3.91. The predicted octanol–water partition coefficient (Wildman–Crippen LogP) is 6.04. The van der Waals surface area contributed by atoms with Crippen LogP contribution in [-0.4, -0.2) is 19.1 Å². The third-order valence-corrected chi connectivity index (χ3v) is 6.59. The number of thioether (sulfide) groups is 1. The van der Waals surface area contributed by atoms with E-state index in [-0.39, 0.29) is 23.2 Å². The maximum atomic E-state index is 13.9. The molecule has 0 N–H and O–H groups in total. The smallest absolute Gasteiger partial charge is 0.280 e. The number of benzene rings is 3. The maximum Gasteiger partial charge on any atom is 0.320 e. The number of imidazole rings is 1. The fourth-order valence-corrected chi connectivity index (χ4v) is 5.00. The van der Waals surface area contributed by atoms with Crippen LogP contribution in [0.3, 0.4) is 0 Å². The number of aromatic nitrogens is 4. The van der Waals surface area contributed by atoms with Gasteiger partial charge in [0.15, 0.2) is 5.16 Å². The number of para-hydroxylation sites is 3. The highest BCUT2D eigenvalue weighted by molar-refractivity contribution is 7.98. The summed E-state index contributed by atoms with van der Waals surface area (Å²) in [7, 11) is 0. The van der Waals surface area contributed by atoms with Gasteiger partial charge in [0.1, 0.15) is 5.82 Å². The van der Waals surface area contributed by atoms with Crippen molar-refractivity contribution in [1.29, 1.82) is 0 Å². The molecule has 0 fully saturated rings. The molecule has 2 heterocycles. The van der Waals surface area contributed by atoms with Crippen LogP contribution in [0.25, 0.3) is 21.9 Å². The maximum absolute atomic E-state index is 13.9. The molecule has 0 bridgehead atoms. The van der Waals surface area contributed by atoms with Gasteiger partial charge in [-0.2, -0.15) is 8.78 Å². The fourth-order valence-electron chi connectivity index (χ4n) is 3.99. The molecule has 0 aliphatic heterocycles. The molecule has 166 valence electrons. The van der Waals surface area contributed by atoms with E-state index < -0.39 is 6.55 Å². The number of nitrogens with zero attached hydrogens (tertiary/aromatic N) is 4. The highest BCUT2D eigenvalue weighted by Crippen LogP contribution is 2.30. The second kappa shape index (κ2) is 8.78. The van der Waals surface area contributed by atoms with E-state index in [4.69, 9.17) is 4.98 Å². The van der Waals surface area contributed by atoms with E-state index in [2.05, 4.69) is 4.98 Å². The van der Waals surface area contributed by atoms with Crippen molar-refractivity contribution < 1.29 is 8.78 Å². The van der Waals surface area contributed by atoms with Crippen LogP contribution >= 0.6 is 11.8 Å². The Bertz CT molecular complexity index is 1500. The van der Waals surface area contributed by atoms with E-state index in [1.54, 1.807) is 47.0 Å². The molecule has 33 heavy (non-hydrogen) atoms. The van der Waals surface area contributed by atoms with Crippen LogP contribution < -0.4 is 5.56 Å². The van der Waals surface area contributed by atoms with Crippen molar-refractivity contribution >= 4 is 33.7 Å². The Morgan fingerprint density at radius 2 is 1.52 bits per heavy atom. The van der Waals surface area contributed by atoms with Gasteiger partial charge in [0, 0.05) is 0 Å². The van der Waals surface area contributed by atoms with Crippen LogP contribution in [0, 0.1) is 0 Å². The average Bonchev–Trinajstić information content (AvgIpc) is 3.22. The van der Waals surface area contributed by atoms with Gasteiger partial charge in [0.25, 0.3) is 5.56 Å². The summed E-state index contributed by atoms with van der Waals surface area (Å²) < 4.78 is 30.3. The molecule has 2 aromatic heterocycles. The first kappa shape index (κ1) is 21.3. The normalized spacial score (nSPS) is 12.6. The minimum atomic E-state index is -2.72. The van der Waals surface area contributed by atoms with Crippen LogP contribution in [0.1, 0.15) is 30.9 Å². The van der Waals surface area contributed by atoms with Gasteiger partial charge >= 0.3 is 6.55 Å². The molecule has 0 spiro atoms. The summed E-state index contributed by atoms with van der Waals surface area (Å²) >= 11 is 1.23. The van der Waals surface area contributed by atoms with Gasteiger partial charge in [-0.1, -0.05) is 66.4 Å². The van der Waals surface area contributed by atoms with Crippen LogP contribution in [-0.2, 0) is 5.75 Å². The SMILES string of the molecule is C[C@@H](c1ccccc1)n1c(SCc2nc3ccccc3n2C(F)F)nc2ccccc2c1=O. The van der Waals surface area contributed by atoms with E-state index in [1.165, 1.54) is 11.8 Å². The lowest BCUT2D eigenvalue weighted by atomic mass is 10.1. The van der Waals surface area contributed by atoms with Crippen molar-refractivity contribution in [2.75, 3.05) is 0 Å². The van der Waals surface area contributed by atoms with Gasteiger partial charge in [0.2, 0.25) is 0 Å². The molecule has 0 amide bonds. The summed E-state index contributed by atoms with van der Waals surface area (Å²) in [6, 6.07) is 23.4. The molecule has 5 aromatic rings. The molecular formula is C25H20F2N4OS. The third-order valence-electron chi connectivity index (χ3n) is 5.64. The zero-order chi connectivity index (χ0) is 22.9. The van der Waals surface area contributed by atoms with Crippen LogP contribution in [0.2, 0.25) is 0 Å². The van der Waals surface area contributed by atoms with Gasteiger partial charge in [-0.3, -0.25) is 13.9 Å². The van der Waals surface area contributed by atoms with Crippen molar-refractivity contribution in [3.8, 4) is 0 Å². The van der Waals surface area contributed by atoms with Crippen LogP contribution in [0.4, 0.5) is 8.78 Å². The Morgan fingerprint density at radius 1 is 0.848 bits per heavy atom. The molecule has 8 heteroatoms. The number of halogens is 2. The van der Waals surface area contributed by atoms with Crippen molar-refractivity contribution in [3.63, 3.8) is 0 Å². The molecule has 1 atom stereocenters. The topological polar surface area (TPSA) is 52.7 Å². The second-order valence-corrected chi connectivity index (χ2v) is 8.57. The molecule has 0 aliphatic rings. The van der Waals surface area contributed by atoms with Gasteiger partial charge in [-0.05, 0) is 36.8 Å². The first-order chi connectivity index (χ1) is 16.0. The van der Waals surface area contributed by atoms with Gasteiger partial charge in [0.05, 0.1) is 33.7 Å². The van der Waals surface area contributed by atoms with Crippen molar-refractivity contribution in [1.82, 2.24) is 19.1 Å². The van der Waals surface area contributed by atoms with Crippen LogP contribution in [0.5, 0.6) is 0 Å². The largest absolute Gasteiger partial charge is 0.320 e. The minimum Gasteiger partial charge on any atom is -0.280 e. The molecule has 0 unspecified atom stereocenters. The lowest BCUT2D eigenvalue weighted by molar-refractivity contribution is 0.0722. The zero-order valence-corrected chi connectivity index (χ0v) is 18.5. The summed E-state index contributed by atoms with van der Waals surface area (Å²) in [5.41, 5.74) is 2.25. The highest BCUT2D eigenvalue weighted by atomic mass is 32.2. The van der Waals surface area contributed by atoms with Gasteiger partial charge in [-0.25, -0.2) is 9.97 Å². The Hall–Kier alpha value is -3.52. The summed E-state index contributed by atoms with van der Waals surface area (Å²) in [4.78, 5) is 22.6. The molecule has 0 aliphatic carbocycles. The van der Waals surface area contributed by atoms with E-state index in [9.17, 15) is 13.6 Å². The number of hydrogen-bond acceptors (Lipinski definition) is 4. The second-order valence-electron chi connectivity index (χ2n) is 7.63. The average molecular weight is 463 g/mol. The first-order valence-corrected chi connectivity index (χ1v) is 11.5. The van der Waals surface area contributed by atoms with Crippen molar-refractivity contribution in [2.45, 2.75) is 30.4 Å². The molecule has 3 aromatic carbocycles. The lowest BCUT2D eigenvalue weighted by Crippen LogP contribution is -2.27. The van der Waals surface area contributed by atoms with E-state index >= 15 is 0 Å². The Morgan fingerprint density at radius 3 is 2.27 bits per heavy atom.